The van der Waals surface area contributed by atoms with Gasteiger partial charge in [0.2, 0.25) is 5.91 Å². The zero-order valence-corrected chi connectivity index (χ0v) is 15.4. The van der Waals surface area contributed by atoms with E-state index in [1.165, 1.54) is 12.1 Å². The Hall–Kier alpha value is -2.71. The molecule has 0 aliphatic carbocycles. The fraction of sp³-hybridized carbons (Fsp3) is 0.263. The fourth-order valence-corrected chi connectivity index (χ4v) is 3.70. The van der Waals surface area contributed by atoms with Crippen LogP contribution in [0.2, 0.25) is 0 Å². The molecule has 2 aromatic rings. The number of nitrogens with one attached hydrogen (secondary N) is 1. The molecule has 0 bridgehead atoms. The normalized spacial score (nSPS) is 12.3. The highest BCUT2D eigenvalue weighted by Gasteiger charge is 2.24. The van der Waals surface area contributed by atoms with E-state index in [0.29, 0.717) is 0 Å². The van der Waals surface area contributed by atoms with Crippen molar-refractivity contribution in [2.24, 2.45) is 0 Å². The highest BCUT2D eigenvalue weighted by Crippen LogP contribution is 2.12. The van der Waals surface area contributed by atoms with Crippen LogP contribution in [0.3, 0.4) is 0 Å². The number of aliphatic carboxylic acids is 1. The van der Waals surface area contributed by atoms with Gasteiger partial charge in [-0.1, -0.05) is 48.5 Å². The summed E-state index contributed by atoms with van der Waals surface area (Å²) in [6.45, 7) is -0.0987. The monoisotopic (exact) mass is 391 g/mol. The molecule has 144 valence electrons. The topological polar surface area (TPSA) is 110 Å². The zero-order chi connectivity index (χ0) is 19.7. The van der Waals surface area contributed by atoms with E-state index in [0.717, 1.165) is 5.56 Å². The van der Waals surface area contributed by atoms with E-state index in [9.17, 15) is 23.1 Å². The van der Waals surface area contributed by atoms with Gasteiger partial charge in [0.1, 0.15) is 12.6 Å². The number of carbonyl (C=O) groups excluding carboxylic acids is 1. The summed E-state index contributed by atoms with van der Waals surface area (Å²) in [5.74, 6) is -2.30. The molecular weight excluding hydrogens is 370 g/mol. The Bertz CT molecular complexity index is 852. The highest BCUT2D eigenvalue weighted by atomic mass is 32.2. The minimum atomic E-state index is -3.62. The van der Waals surface area contributed by atoms with Gasteiger partial charge in [-0.15, -0.1) is 0 Å². The number of sulfone groups is 1. The molecule has 0 saturated heterocycles. The lowest BCUT2D eigenvalue weighted by Gasteiger charge is -2.15. The van der Waals surface area contributed by atoms with Gasteiger partial charge in [0.15, 0.2) is 9.84 Å². The summed E-state index contributed by atoms with van der Waals surface area (Å²) in [4.78, 5) is 23.3. The summed E-state index contributed by atoms with van der Waals surface area (Å²) in [7, 11) is -3.62. The molecule has 0 fully saturated rings. The van der Waals surface area contributed by atoms with Crippen LogP contribution >= 0.6 is 0 Å². The molecule has 2 rings (SSSR count). The summed E-state index contributed by atoms with van der Waals surface area (Å²) < 4.78 is 29.7. The van der Waals surface area contributed by atoms with Gasteiger partial charge in [-0.3, -0.25) is 4.79 Å². The van der Waals surface area contributed by atoms with Crippen molar-refractivity contribution in [3.05, 3.63) is 66.2 Å². The molecular formula is C19H21NO6S. The van der Waals surface area contributed by atoms with E-state index in [1.54, 1.807) is 18.2 Å². The molecule has 27 heavy (non-hydrogen) atoms. The van der Waals surface area contributed by atoms with E-state index < -0.39 is 27.8 Å². The first-order valence-electron chi connectivity index (χ1n) is 8.30. The summed E-state index contributed by atoms with van der Waals surface area (Å²) in [6, 6.07) is 15.7. The quantitative estimate of drug-likeness (QED) is 0.637. The molecule has 0 aromatic heterocycles. The number of carboxylic acid groups (broad SMARTS) is 1. The molecule has 2 N–H and O–H groups in total. The second-order valence-electron chi connectivity index (χ2n) is 5.86. The largest absolute Gasteiger partial charge is 0.480 e. The lowest BCUT2D eigenvalue weighted by molar-refractivity contribution is -0.142. The summed E-state index contributed by atoms with van der Waals surface area (Å²) in [5.41, 5.74) is 0.883. The van der Waals surface area contributed by atoms with Crippen molar-refractivity contribution in [2.45, 2.75) is 24.0 Å². The van der Waals surface area contributed by atoms with Crippen molar-refractivity contribution in [1.82, 2.24) is 5.32 Å². The first-order valence-corrected chi connectivity index (χ1v) is 9.95. The SMILES string of the molecule is O=C(COCc1ccccc1)N[C@@H](CCS(=O)(=O)c1ccccc1)C(=O)O. The Labute approximate surface area is 157 Å². The van der Waals surface area contributed by atoms with E-state index in [2.05, 4.69) is 5.32 Å². The smallest absolute Gasteiger partial charge is 0.326 e. The third-order valence-corrected chi connectivity index (χ3v) is 5.52. The first kappa shape index (κ1) is 20.6. The average Bonchev–Trinajstić information content (AvgIpc) is 2.66. The van der Waals surface area contributed by atoms with Crippen LogP contribution in [0.15, 0.2) is 65.6 Å². The maximum atomic E-state index is 12.2. The Balaban J connectivity index is 1.84. The molecule has 0 aliphatic rings. The maximum absolute atomic E-state index is 12.2. The molecule has 0 heterocycles. The van der Waals surface area contributed by atoms with Crippen molar-refractivity contribution >= 4 is 21.7 Å². The fourth-order valence-electron chi connectivity index (χ4n) is 2.35. The van der Waals surface area contributed by atoms with Crippen molar-refractivity contribution in [1.29, 1.82) is 0 Å². The van der Waals surface area contributed by atoms with Crippen LogP contribution in [-0.2, 0) is 30.8 Å². The van der Waals surface area contributed by atoms with Crippen molar-refractivity contribution < 1.29 is 27.9 Å². The van der Waals surface area contributed by atoms with Gasteiger partial charge in [-0.25, -0.2) is 13.2 Å². The number of benzene rings is 2. The number of carboxylic acids is 1. The van der Waals surface area contributed by atoms with Gasteiger partial charge >= 0.3 is 5.97 Å². The number of ether oxygens (including phenoxy) is 1. The number of amides is 1. The number of hydrogen-bond donors (Lipinski definition) is 2. The van der Waals surface area contributed by atoms with Crippen LogP contribution in [0, 0.1) is 0 Å². The molecule has 0 radical (unpaired) electrons. The zero-order valence-electron chi connectivity index (χ0n) is 14.6. The van der Waals surface area contributed by atoms with E-state index in [4.69, 9.17) is 4.74 Å². The summed E-state index contributed by atoms with van der Waals surface area (Å²) >= 11 is 0. The molecule has 2 aromatic carbocycles. The van der Waals surface area contributed by atoms with Gasteiger partial charge in [0, 0.05) is 0 Å². The van der Waals surface area contributed by atoms with Crippen LogP contribution in [-0.4, -0.2) is 43.8 Å². The van der Waals surface area contributed by atoms with E-state index in [-0.39, 0.29) is 30.3 Å². The van der Waals surface area contributed by atoms with Crippen LogP contribution in [0.5, 0.6) is 0 Å². The number of carbonyl (C=O) groups is 2. The maximum Gasteiger partial charge on any atom is 0.326 e. The van der Waals surface area contributed by atoms with Crippen LogP contribution < -0.4 is 5.32 Å². The molecule has 8 heteroatoms. The molecule has 1 atom stereocenters. The lowest BCUT2D eigenvalue weighted by atomic mass is 10.2. The lowest BCUT2D eigenvalue weighted by Crippen LogP contribution is -2.43. The van der Waals surface area contributed by atoms with Gasteiger partial charge in [0.25, 0.3) is 0 Å². The minimum absolute atomic E-state index is 0.117. The molecule has 0 saturated carbocycles. The van der Waals surface area contributed by atoms with Gasteiger partial charge in [-0.05, 0) is 24.1 Å². The minimum Gasteiger partial charge on any atom is -0.480 e. The number of rotatable bonds is 10. The predicted molar refractivity (Wildman–Crippen MR) is 98.8 cm³/mol. The molecule has 0 aliphatic heterocycles. The van der Waals surface area contributed by atoms with Gasteiger partial charge in [-0.2, -0.15) is 0 Å². The van der Waals surface area contributed by atoms with Crippen molar-refractivity contribution in [2.75, 3.05) is 12.4 Å². The van der Waals surface area contributed by atoms with E-state index >= 15 is 0 Å². The summed E-state index contributed by atoms with van der Waals surface area (Å²) in [5, 5.41) is 11.5. The number of hydrogen-bond acceptors (Lipinski definition) is 5. The molecule has 1 amide bonds. The van der Waals surface area contributed by atoms with Crippen molar-refractivity contribution in [3.63, 3.8) is 0 Å². The summed E-state index contributed by atoms with van der Waals surface area (Å²) in [6.07, 6.45) is -0.239. The predicted octanol–water partition coefficient (Wildman–Crippen LogP) is 1.64. The second-order valence-corrected chi connectivity index (χ2v) is 7.97. The first-order chi connectivity index (χ1) is 12.9. The van der Waals surface area contributed by atoms with Crippen LogP contribution in [0.4, 0.5) is 0 Å². The molecule has 0 unspecified atom stereocenters. The Morgan fingerprint density at radius 2 is 1.59 bits per heavy atom. The molecule has 0 spiro atoms. The Kier molecular flexibility index (Phi) is 7.51. The van der Waals surface area contributed by atoms with E-state index in [1.807, 2.05) is 30.3 Å². The standard InChI is InChI=1S/C19H21NO6S/c21-18(14-26-13-15-7-3-1-4-8-15)20-17(19(22)23)11-12-27(24,25)16-9-5-2-6-10-16/h1-10,17H,11-14H2,(H,20,21)(H,22,23)/t17-/m0/s1. The highest BCUT2D eigenvalue weighted by molar-refractivity contribution is 7.91. The van der Waals surface area contributed by atoms with Gasteiger partial charge in [0.05, 0.1) is 17.3 Å². The Morgan fingerprint density at radius 1 is 1.00 bits per heavy atom. The van der Waals surface area contributed by atoms with Crippen LogP contribution in [0.25, 0.3) is 0 Å². The Morgan fingerprint density at radius 3 is 2.19 bits per heavy atom. The van der Waals surface area contributed by atoms with Crippen LogP contribution in [0.1, 0.15) is 12.0 Å². The second kappa shape index (κ2) is 9.84. The van der Waals surface area contributed by atoms with Gasteiger partial charge < -0.3 is 15.2 Å². The van der Waals surface area contributed by atoms with Crippen molar-refractivity contribution in [3.8, 4) is 0 Å². The average molecular weight is 391 g/mol. The third kappa shape index (κ3) is 6.84. The molecule has 7 nitrogen and oxygen atoms in total. The third-order valence-electron chi connectivity index (χ3n) is 3.76.